The molecule has 27 heavy (non-hydrogen) atoms. The Balaban J connectivity index is 1.47. The lowest BCUT2D eigenvalue weighted by Gasteiger charge is -2.20. The molecule has 1 spiro atoms. The second-order valence-electron chi connectivity index (χ2n) is 7.13. The monoisotopic (exact) mass is 373 g/mol. The summed E-state index contributed by atoms with van der Waals surface area (Å²) in [5.41, 5.74) is 0.219. The largest absolute Gasteiger partial charge is 0.352 e. The van der Waals surface area contributed by atoms with Gasteiger partial charge in [-0.2, -0.15) is 0 Å². The summed E-state index contributed by atoms with van der Waals surface area (Å²) in [4.78, 5) is 37.8. The van der Waals surface area contributed by atoms with Gasteiger partial charge >= 0.3 is 6.03 Å². The maximum atomic E-state index is 13.7. The predicted molar refractivity (Wildman–Crippen MR) is 99.1 cm³/mol. The topological polar surface area (TPSA) is 78.5 Å². The van der Waals surface area contributed by atoms with Crippen molar-refractivity contribution >= 4 is 23.4 Å². The number of urea groups is 1. The van der Waals surface area contributed by atoms with Crippen LogP contribution < -0.4 is 10.6 Å². The number of carbonyl (C=O) groups is 3. The second-order valence-corrected chi connectivity index (χ2v) is 7.13. The van der Waals surface area contributed by atoms with E-state index in [-0.39, 0.29) is 30.2 Å². The van der Waals surface area contributed by atoms with E-state index in [0.29, 0.717) is 36.9 Å². The molecule has 1 saturated carbocycles. The maximum Gasteiger partial charge on any atom is 0.325 e. The van der Waals surface area contributed by atoms with E-state index in [1.165, 1.54) is 17.0 Å². The summed E-state index contributed by atoms with van der Waals surface area (Å²) in [7, 11) is 0. The van der Waals surface area contributed by atoms with E-state index >= 15 is 0 Å². The number of halogens is 1. The molecule has 2 aliphatic rings. The van der Waals surface area contributed by atoms with Crippen LogP contribution in [0.25, 0.3) is 5.57 Å². The number of amides is 4. The first-order valence-electron chi connectivity index (χ1n) is 9.28. The number of nitrogens with zero attached hydrogens (tertiary/aromatic N) is 1. The van der Waals surface area contributed by atoms with Crippen LogP contribution in [0.3, 0.4) is 0 Å². The molecule has 2 N–H and O–H groups in total. The van der Waals surface area contributed by atoms with Crippen molar-refractivity contribution in [1.29, 1.82) is 0 Å². The Kier molecular flexibility index (Phi) is 5.58. The molecule has 1 aromatic carbocycles. The van der Waals surface area contributed by atoms with Gasteiger partial charge in [-0.05, 0) is 37.8 Å². The molecule has 1 saturated heterocycles. The van der Waals surface area contributed by atoms with Crippen LogP contribution in [0.4, 0.5) is 9.18 Å². The van der Waals surface area contributed by atoms with Crippen molar-refractivity contribution in [3.63, 3.8) is 0 Å². The Morgan fingerprint density at radius 1 is 1.30 bits per heavy atom. The minimum Gasteiger partial charge on any atom is -0.352 e. The first-order chi connectivity index (χ1) is 12.9. The van der Waals surface area contributed by atoms with Gasteiger partial charge in [-0.15, -0.1) is 0 Å². The zero-order chi connectivity index (χ0) is 19.4. The molecule has 0 unspecified atom stereocenters. The first kappa shape index (κ1) is 19.1. The number of nitrogens with one attached hydrogen (secondary N) is 2. The standard InChI is InChI=1S/C20H24FN3O3/c1-14(15-7-2-3-8-16(15)21)13-17(25)22-11-6-12-24-18(26)20(23-19(24)27)9-4-5-10-20/h2-3,7-8,13H,4-6,9-12H2,1H3,(H,22,25)(H,23,27)/b14-13+. The van der Waals surface area contributed by atoms with Gasteiger partial charge < -0.3 is 10.6 Å². The molecule has 144 valence electrons. The molecule has 4 amide bonds. The summed E-state index contributed by atoms with van der Waals surface area (Å²) in [6.45, 7) is 2.26. The molecule has 2 fully saturated rings. The molecule has 0 aromatic heterocycles. The number of carbonyl (C=O) groups excluding carboxylic acids is 3. The average molecular weight is 373 g/mol. The Morgan fingerprint density at radius 2 is 2.00 bits per heavy atom. The van der Waals surface area contributed by atoms with Gasteiger partial charge in [0.05, 0.1) is 0 Å². The average Bonchev–Trinajstić information content (AvgIpc) is 3.19. The Labute approximate surface area is 157 Å². The third kappa shape index (κ3) is 4.02. The predicted octanol–water partition coefficient (Wildman–Crippen LogP) is 2.60. The zero-order valence-electron chi connectivity index (χ0n) is 15.4. The fourth-order valence-electron chi connectivity index (χ4n) is 3.75. The van der Waals surface area contributed by atoms with Crippen LogP contribution in [-0.4, -0.2) is 41.4 Å². The lowest BCUT2D eigenvalue weighted by atomic mass is 9.98. The molecule has 1 aliphatic heterocycles. The lowest BCUT2D eigenvalue weighted by molar-refractivity contribution is -0.131. The second kappa shape index (κ2) is 7.90. The molecule has 0 radical (unpaired) electrons. The van der Waals surface area contributed by atoms with E-state index in [2.05, 4.69) is 10.6 Å². The minimum atomic E-state index is -0.695. The van der Waals surface area contributed by atoms with E-state index in [1.807, 2.05) is 0 Å². The quantitative estimate of drug-likeness (QED) is 0.457. The fraction of sp³-hybridized carbons (Fsp3) is 0.450. The van der Waals surface area contributed by atoms with E-state index in [4.69, 9.17) is 0 Å². The Morgan fingerprint density at radius 3 is 2.70 bits per heavy atom. The number of benzene rings is 1. The highest BCUT2D eigenvalue weighted by atomic mass is 19.1. The summed E-state index contributed by atoms with van der Waals surface area (Å²) >= 11 is 0. The number of imide groups is 1. The Hall–Kier alpha value is -2.70. The molecule has 1 aromatic rings. The molecule has 1 heterocycles. The molecular weight excluding hydrogens is 349 g/mol. The Bertz CT molecular complexity index is 784. The number of hydrogen-bond donors (Lipinski definition) is 2. The number of allylic oxidation sites excluding steroid dienone is 1. The SMILES string of the molecule is C/C(=C\C(=O)NCCCN1C(=O)NC2(CCCC2)C1=O)c1ccccc1F. The van der Waals surface area contributed by atoms with Gasteiger partial charge in [0.2, 0.25) is 5.91 Å². The van der Waals surface area contributed by atoms with Gasteiger partial charge in [-0.1, -0.05) is 31.0 Å². The van der Waals surface area contributed by atoms with Crippen molar-refractivity contribution in [1.82, 2.24) is 15.5 Å². The van der Waals surface area contributed by atoms with Gasteiger partial charge in [-0.3, -0.25) is 14.5 Å². The molecular formula is C20H24FN3O3. The highest BCUT2D eigenvalue weighted by molar-refractivity contribution is 6.07. The summed E-state index contributed by atoms with van der Waals surface area (Å²) < 4.78 is 13.7. The summed E-state index contributed by atoms with van der Waals surface area (Å²) in [5, 5.41) is 5.54. The summed E-state index contributed by atoms with van der Waals surface area (Å²) in [6.07, 6.45) is 5.11. The van der Waals surface area contributed by atoms with Crippen LogP contribution >= 0.6 is 0 Å². The van der Waals surface area contributed by atoms with E-state index < -0.39 is 5.54 Å². The van der Waals surface area contributed by atoms with Crippen molar-refractivity contribution in [2.24, 2.45) is 0 Å². The van der Waals surface area contributed by atoms with Gasteiger partial charge in [0, 0.05) is 24.7 Å². The molecule has 3 rings (SSSR count). The van der Waals surface area contributed by atoms with Gasteiger partial charge in [0.1, 0.15) is 11.4 Å². The molecule has 7 heteroatoms. The van der Waals surface area contributed by atoms with Crippen molar-refractivity contribution in [3.05, 3.63) is 41.7 Å². The normalized spacial score (nSPS) is 18.9. The van der Waals surface area contributed by atoms with Crippen LogP contribution in [0.5, 0.6) is 0 Å². The lowest BCUT2D eigenvalue weighted by Crippen LogP contribution is -2.44. The van der Waals surface area contributed by atoms with Crippen LogP contribution in [0, 0.1) is 5.82 Å². The van der Waals surface area contributed by atoms with Gasteiger partial charge in [-0.25, -0.2) is 9.18 Å². The summed E-state index contributed by atoms with van der Waals surface area (Å²) in [5.74, 6) is -0.856. The van der Waals surface area contributed by atoms with Crippen molar-refractivity contribution in [2.75, 3.05) is 13.1 Å². The highest BCUT2D eigenvalue weighted by Crippen LogP contribution is 2.34. The van der Waals surface area contributed by atoms with E-state index in [0.717, 1.165) is 12.8 Å². The van der Waals surface area contributed by atoms with Crippen LogP contribution in [-0.2, 0) is 9.59 Å². The van der Waals surface area contributed by atoms with Crippen molar-refractivity contribution in [3.8, 4) is 0 Å². The number of hydrogen-bond acceptors (Lipinski definition) is 3. The van der Waals surface area contributed by atoms with Crippen molar-refractivity contribution in [2.45, 2.75) is 44.6 Å². The van der Waals surface area contributed by atoms with Crippen LogP contribution in [0.15, 0.2) is 30.3 Å². The highest BCUT2D eigenvalue weighted by Gasteiger charge is 2.51. The van der Waals surface area contributed by atoms with Gasteiger partial charge in [0.25, 0.3) is 5.91 Å². The van der Waals surface area contributed by atoms with Crippen LogP contribution in [0.2, 0.25) is 0 Å². The third-order valence-corrected chi connectivity index (χ3v) is 5.21. The van der Waals surface area contributed by atoms with Crippen molar-refractivity contribution < 1.29 is 18.8 Å². The maximum absolute atomic E-state index is 13.7. The van der Waals surface area contributed by atoms with Gasteiger partial charge in [0.15, 0.2) is 0 Å². The minimum absolute atomic E-state index is 0.147. The fourth-order valence-corrected chi connectivity index (χ4v) is 3.75. The molecule has 0 atom stereocenters. The molecule has 1 aliphatic carbocycles. The smallest absolute Gasteiger partial charge is 0.325 e. The zero-order valence-corrected chi connectivity index (χ0v) is 15.4. The molecule has 6 nitrogen and oxygen atoms in total. The van der Waals surface area contributed by atoms with E-state index in [1.54, 1.807) is 25.1 Å². The van der Waals surface area contributed by atoms with E-state index in [9.17, 15) is 18.8 Å². The van der Waals surface area contributed by atoms with Crippen LogP contribution in [0.1, 0.15) is 44.6 Å². The summed E-state index contributed by atoms with van der Waals surface area (Å²) in [6, 6.07) is 5.93. The molecule has 0 bridgehead atoms. The number of rotatable bonds is 6. The first-order valence-corrected chi connectivity index (χ1v) is 9.28. The third-order valence-electron chi connectivity index (χ3n) is 5.21.